The summed E-state index contributed by atoms with van der Waals surface area (Å²) >= 11 is 0. The van der Waals surface area contributed by atoms with Gasteiger partial charge in [-0.3, -0.25) is 4.79 Å². The van der Waals surface area contributed by atoms with Gasteiger partial charge in [0.05, 0.1) is 12.5 Å². The van der Waals surface area contributed by atoms with E-state index in [1.807, 2.05) is 6.92 Å². The number of hydrogen-bond acceptors (Lipinski definition) is 3. The van der Waals surface area contributed by atoms with Crippen LogP contribution in [0.15, 0.2) is 0 Å². The molecule has 118 valence electrons. The number of carbonyl (C=O) groups is 2. The van der Waals surface area contributed by atoms with E-state index in [0.29, 0.717) is 0 Å². The van der Waals surface area contributed by atoms with Gasteiger partial charge in [0.2, 0.25) is 0 Å². The number of urea groups is 1. The Hall–Kier alpha value is -1.30. The van der Waals surface area contributed by atoms with Gasteiger partial charge in [0, 0.05) is 19.7 Å². The molecule has 0 aliphatic heterocycles. The normalized spacial score (nSPS) is 13.6. The van der Waals surface area contributed by atoms with E-state index in [1.165, 1.54) is 26.4 Å². The summed E-state index contributed by atoms with van der Waals surface area (Å²) in [5.74, 6) is -0.941. The molecule has 0 aromatic heterocycles. The number of ether oxygens (including phenoxy) is 1. The first-order valence-corrected chi connectivity index (χ1v) is 7.28. The smallest absolute Gasteiger partial charge is 0.315 e. The second-order valence-electron chi connectivity index (χ2n) is 5.06. The first kappa shape index (κ1) is 18.7. The quantitative estimate of drug-likeness (QED) is 0.508. The number of methoxy groups -OCH3 is 1. The van der Waals surface area contributed by atoms with Crippen LogP contribution in [0.4, 0.5) is 4.79 Å². The fraction of sp³-hybridized carbons (Fsp3) is 0.857. The number of unbranched alkanes of at least 4 members (excludes halogenated alkanes) is 3. The molecule has 0 aliphatic rings. The van der Waals surface area contributed by atoms with Crippen LogP contribution in [0.3, 0.4) is 0 Å². The van der Waals surface area contributed by atoms with Gasteiger partial charge in [-0.15, -0.1) is 0 Å². The Bertz CT molecular complexity index is 284. The monoisotopic (exact) mass is 288 g/mol. The largest absolute Gasteiger partial charge is 0.481 e. The highest BCUT2D eigenvalue weighted by atomic mass is 16.5. The average Bonchev–Trinajstić information content (AvgIpc) is 2.39. The number of rotatable bonds is 11. The summed E-state index contributed by atoms with van der Waals surface area (Å²) in [5.41, 5.74) is 0. The topological polar surface area (TPSA) is 87.7 Å². The molecule has 0 radical (unpaired) electrons. The van der Waals surface area contributed by atoms with Crippen molar-refractivity contribution in [2.24, 2.45) is 0 Å². The molecule has 2 atom stereocenters. The number of hydrogen-bond donors (Lipinski definition) is 3. The Labute approximate surface area is 121 Å². The minimum Gasteiger partial charge on any atom is -0.481 e. The van der Waals surface area contributed by atoms with E-state index in [2.05, 4.69) is 17.6 Å². The van der Waals surface area contributed by atoms with Gasteiger partial charge in [-0.25, -0.2) is 4.79 Å². The number of carboxylic acid groups (broad SMARTS) is 1. The zero-order valence-corrected chi connectivity index (χ0v) is 12.8. The number of nitrogens with one attached hydrogen (secondary N) is 2. The molecule has 20 heavy (non-hydrogen) atoms. The summed E-state index contributed by atoms with van der Waals surface area (Å²) in [5, 5.41) is 14.1. The van der Waals surface area contributed by atoms with Gasteiger partial charge < -0.3 is 20.5 Å². The van der Waals surface area contributed by atoms with Crippen molar-refractivity contribution in [1.29, 1.82) is 0 Å². The molecule has 0 bridgehead atoms. The van der Waals surface area contributed by atoms with E-state index in [-0.39, 0.29) is 25.0 Å². The van der Waals surface area contributed by atoms with Crippen LogP contribution in [0.1, 0.15) is 52.4 Å². The van der Waals surface area contributed by atoms with Crippen molar-refractivity contribution in [3.05, 3.63) is 0 Å². The lowest BCUT2D eigenvalue weighted by molar-refractivity contribution is -0.139. The molecule has 3 N–H and O–H groups in total. The lowest BCUT2D eigenvalue weighted by Crippen LogP contribution is -2.44. The van der Waals surface area contributed by atoms with Crippen LogP contribution in [-0.2, 0) is 9.53 Å². The third-order valence-electron chi connectivity index (χ3n) is 3.09. The predicted molar refractivity (Wildman–Crippen MR) is 77.8 cm³/mol. The maximum atomic E-state index is 11.6. The van der Waals surface area contributed by atoms with Crippen molar-refractivity contribution >= 4 is 12.0 Å². The molecule has 2 amide bonds. The van der Waals surface area contributed by atoms with E-state index in [4.69, 9.17) is 9.84 Å². The third-order valence-corrected chi connectivity index (χ3v) is 3.09. The van der Waals surface area contributed by atoms with Gasteiger partial charge >= 0.3 is 12.0 Å². The van der Waals surface area contributed by atoms with E-state index in [1.54, 1.807) is 0 Å². The zero-order valence-electron chi connectivity index (χ0n) is 12.8. The molecule has 0 aliphatic carbocycles. The van der Waals surface area contributed by atoms with Gasteiger partial charge in [0.25, 0.3) is 0 Å². The predicted octanol–water partition coefficient (Wildman–Crippen LogP) is 2.13. The SMILES string of the molecule is CCCCCCC(C)NC(=O)NCC(CC(=O)O)OC. The summed E-state index contributed by atoms with van der Waals surface area (Å²) in [6, 6.07) is -0.159. The first-order valence-electron chi connectivity index (χ1n) is 7.28. The highest BCUT2D eigenvalue weighted by molar-refractivity contribution is 5.74. The summed E-state index contributed by atoms with van der Waals surface area (Å²) in [6.07, 6.45) is 5.05. The van der Waals surface area contributed by atoms with Gasteiger partial charge in [-0.05, 0) is 13.3 Å². The average molecular weight is 288 g/mol. The van der Waals surface area contributed by atoms with E-state index >= 15 is 0 Å². The molecule has 0 heterocycles. The summed E-state index contributed by atoms with van der Waals surface area (Å²) in [6.45, 7) is 4.33. The lowest BCUT2D eigenvalue weighted by Gasteiger charge is -2.17. The Kier molecular flexibility index (Phi) is 10.8. The van der Waals surface area contributed by atoms with E-state index in [9.17, 15) is 9.59 Å². The Morgan fingerprint density at radius 3 is 2.50 bits per heavy atom. The molecule has 2 unspecified atom stereocenters. The Morgan fingerprint density at radius 1 is 1.25 bits per heavy atom. The van der Waals surface area contributed by atoms with Gasteiger partial charge in [-0.1, -0.05) is 32.6 Å². The van der Waals surface area contributed by atoms with Crippen LogP contribution in [0.2, 0.25) is 0 Å². The number of carbonyl (C=O) groups excluding carboxylic acids is 1. The summed E-state index contributed by atoms with van der Waals surface area (Å²) in [7, 11) is 1.43. The third kappa shape index (κ3) is 10.6. The van der Waals surface area contributed by atoms with Gasteiger partial charge in [-0.2, -0.15) is 0 Å². The summed E-state index contributed by atoms with van der Waals surface area (Å²) < 4.78 is 4.98. The molecule has 6 nitrogen and oxygen atoms in total. The van der Waals surface area contributed by atoms with Crippen molar-refractivity contribution in [3.8, 4) is 0 Å². The van der Waals surface area contributed by atoms with E-state index < -0.39 is 12.1 Å². The van der Waals surface area contributed by atoms with Crippen molar-refractivity contribution in [3.63, 3.8) is 0 Å². The van der Waals surface area contributed by atoms with Crippen molar-refractivity contribution in [1.82, 2.24) is 10.6 Å². The first-order chi connectivity index (χ1) is 9.49. The molecular formula is C14H28N2O4. The molecular weight excluding hydrogens is 260 g/mol. The number of aliphatic carboxylic acids is 1. The van der Waals surface area contributed by atoms with E-state index in [0.717, 1.165) is 12.8 Å². The summed E-state index contributed by atoms with van der Waals surface area (Å²) in [4.78, 5) is 22.2. The minimum absolute atomic E-state index is 0.118. The molecule has 0 saturated heterocycles. The van der Waals surface area contributed by atoms with Crippen LogP contribution in [0.25, 0.3) is 0 Å². The molecule has 0 aromatic carbocycles. The fourth-order valence-corrected chi connectivity index (χ4v) is 1.86. The van der Waals surface area contributed by atoms with Crippen LogP contribution < -0.4 is 10.6 Å². The van der Waals surface area contributed by atoms with Crippen LogP contribution in [0.5, 0.6) is 0 Å². The van der Waals surface area contributed by atoms with Crippen molar-refractivity contribution in [2.45, 2.75) is 64.5 Å². The fourth-order valence-electron chi connectivity index (χ4n) is 1.86. The lowest BCUT2D eigenvalue weighted by atomic mass is 10.1. The molecule has 0 saturated carbocycles. The highest BCUT2D eigenvalue weighted by Gasteiger charge is 2.14. The zero-order chi connectivity index (χ0) is 15.4. The maximum Gasteiger partial charge on any atom is 0.315 e. The van der Waals surface area contributed by atoms with Crippen molar-refractivity contribution < 1.29 is 19.4 Å². The molecule has 0 spiro atoms. The number of carboxylic acids is 1. The standard InChI is InChI=1S/C14H28N2O4/c1-4-5-6-7-8-11(2)16-14(19)15-10-12(20-3)9-13(17)18/h11-12H,4-10H2,1-3H3,(H,17,18)(H2,15,16,19). The highest BCUT2D eigenvalue weighted by Crippen LogP contribution is 2.05. The van der Waals surface area contributed by atoms with Crippen LogP contribution in [0, 0.1) is 0 Å². The molecule has 0 fully saturated rings. The maximum absolute atomic E-state index is 11.6. The van der Waals surface area contributed by atoms with Crippen molar-refractivity contribution in [2.75, 3.05) is 13.7 Å². The van der Waals surface area contributed by atoms with Gasteiger partial charge in [0.1, 0.15) is 0 Å². The molecule has 6 heteroatoms. The van der Waals surface area contributed by atoms with Crippen LogP contribution in [-0.4, -0.2) is 42.9 Å². The van der Waals surface area contributed by atoms with Gasteiger partial charge in [0.15, 0.2) is 0 Å². The van der Waals surface area contributed by atoms with Crippen LogP contribution >= 0.6 is 0 Å². The second-order valence-corrected chi connectivity index (χ2v) is 5.06. The number of amides is 2. The minimum atomic E-state index is -0.941. The second kappa shape index (κ2) is 11.5. The molecule has 0 aromatic rings. The molecule has 0 rings (SSSR count). The Morgan fingerprint density at radius 2 is 1.95 bits per heavy atom. The Balaban J connectivity index is 3.77.